The van der Waals surface area contributed by atoms with Crippen molar-refractivity contribution in [1.82, 2.24) is 10.6 Å². The SMILES string of the molecule is O=C(NCc1ccccc1N1CCCCC1)C1CCNCC1. The Labute approximate surface area is 133 Å². The fourth-order valence-corrected chi connectivity index (χ4v) is 3.51. The second kappa shape index (κ2) is 7.63. The minimum Gasteiger partial charge on any atom is -0.371 e. The largest absolute Gasteiger partial charge is 0.371 e. The predicted molar refractivity (Wildman–Crippen MR) is 89.9 cm³/mol. The molecular weight excluding hydrogens is 274 g/mol. The average Bonchev–Trinajstić information content (AvgIpc) is 2.61. The van der Waals surface area contributed by atoms with Gasteiger partial charge in [-0.15, -0.1) is 0 Å². The zero-order valence-electron chi connectivity index (χ0n) is 13.3. The lowest BCUT2D eigenvalue weighted by Crippen LogP contribution is -2.38. The number of para-hydroxylation sites is 1. The second-order valence-electron chi connectivity index (χ2n) is 6.42. The van der Waals surface area contributed by atoms with Gasteiger partial charge in [0.25, 0.3) is 0 Å². The number of carbonyl (C=O) groups is 1. The van der Waals surface area contributed by atoms with Crippen LogP contribution >= 0.6 is 0 Å². The number of rotatable bonds is 4. The Balaban J connectivity index is 1.60. The lowest BCUT2D eigenvalue weighted by Gasteiger charge is -2.31. The maximum atomic E-state index is 12.3. The lowest BCUT2D eigenvalue weighted by molar-refractivity contribution is -0.125. The molecule has 2 fully saturated rings. The molecule has 2 aliphatic rings. The van der Waals surface area contributed by atoms with Crippen molar-refractivity contribution in [2.24, 2.45) is 5.92 Å². The average molecular weight is 301 g/mol. The number of hydrogen-bond donors (Lipinski definition) is 2. The third-order valence-corrected chi connectivity index (χ3v) is 4.85. The van der Waals surface area contributed by atoms with Gasteiger partial charge in [0.15, 0.2) is 0 Å². The van der Waals surface area contributed by atoms with E-state index in [1.165, 1.54) is 30.5 Å². The summed E-state index contributed by atoms with van der Waals surface area (Å²) < 4.78 is 0. The van der Waals surface area contributed by atoms with Gasteiger partial charge in [0.1, 0.15) is 0 Å². The van der Waals surface area contributed by atoms with E-state index in [4.69, 9.17) is 0 Å². The molecule has 0 atom stereocenters. The van der Waals surface area contributed by atoms with Crippen molar-refractivity contribution >= 4 is 11.6 Å². The molecule has 1 aromatic carbocycles. The van der Waals surface area contributed by atoms with Gasteiger partial charge in [0, 0.05) is 31.2 Å². The quantitative estimate of drug-likeness (QED) is 0.897. The Bertz CT molecular complexity index is 491. The minimum atomic E-state index is 0.184. The summed E-state index contributed by atoms with van der Waals surface area (Å²) in [4.78, 5) is 14.8. The van der Waals surface area contributed by atoms with E-state index in [2.05, 4.69) is 39.8 Å². The van der Waals surface area contributed by atoms with Crippen LogP contribution in [0.2, 0.25) is 0 Å². The van der Waals surface area contributed by atoms with Crippen molar-refractivity contribution in [3.8, 4) is 0 Å². The number of nitrogens with zero attached hydrogens (tertiary/aromatic N) is 1. The van der Waals surface area contributed by atoms with Crippen molar-refractivity contribution < 1.29 is 4.79 Å². The highest BCUT2D eigenvalue weighted by molar-refractivity contribution is 5.79. The summed E-state index contributed by atoms with van der Waals surface area (Å²) in [5, 5.41) is 6.46. The maximum Gasteiger partial charge on any atom is 0.223 e. The first-order chi connectivity index (χ1) is 10.8. The highest BCUT2D eigenvalue weighted by Crippen LogP contribution is 2.24. The molecule has 120 valence electrons. The Morgan fingerprint density at radius 3 is 2.64 bits per heavy atom. The van der Waals surface area contributed by atoms with Crippen molar-refractivity contribution in [1.29, 1.82) is 0 Å². The number of piperidine rings is 2. The van der Waals surface area contributed by atoms with E-state index in [1.54, 1.807) is 0 Å². The first-order valence-electron chi connectivity index (χ1n) is 8.66. The first kappa shape index (κ1) is 15.3. The number of amides is 1. The van der Waals surface area contributed by atoms with Gasteiger partial charge in [-0.2, -0.15) is 0 Å². The van der Waals surface area contributed by atoms with E-state index in [0.717, 1.165) is 39.0 Å². The van der Waals surface area contributed by atoms with Crippen LogP contribution in [0.1, 0.15) is 37.7 Å². The van der Waals surface area contributed by atoms with E-state index in [9.17, 15) is 4.79 Å². The summed E-state index contributed by atoms with van der Waals surface area (Å²) >= 11 is 0. The van der Waals surface area contributed by atoms with Crippen molar-refractivity contribution in [3.05, 3.63) is 29.8 Å². The van der Waals surface area contributed by atoms with Crippen molar-refractivity contribution in [2.75, 3.05) is 31.1 Å². The maximum absolute atomic E-state index is 12.3. The van der Waals surface area contributed by atoms with Gasteiger partial charge in [0.2, 0.25) is 5.91 Å². The summed E-state index contributed by atoms with van der Waals surface area (Å²) in [6.45, 7) is 4.85. The van der Waals surface area contributed by atoms with Crippen LogP contribution < -0.4 is 15.5 Å². The molecule has 0 aromatic heterocycles. The highest BCUT2D eigenvalue weighted by Gasteiger charge is 2.21. The molecule has 2 N–H and O–H groups in total. The summed E-state index contributed by atoms with van der Waals surface area (Å²) in [5.74, 6) is 0.401. The Morgan fingerprint density at radius 1 is 1.14 bits per heavy atom. The molecule has 0 aliphatic carbocycles. The second-order valence-corrected chi connectivity index (χ2v) is 6.42. The third kappa shape index (κ3) is 3.80. The molecule has 0 unspecified atom stereocenters. The highest BCUT2D eigenvalue weighted by atomic mass is 16.1. The molecule has 0 spiro atoms. The fraction of sp³-hybridized carbons (Fsp3) is 0.611. The van der Waals surface area contributed by atoms with Crippen LogP contribution in [0.5, 0.6) is 0 Å². The van der Waals surface area contributed by atoms with Crippen LogP contribution in [0.15, 0.2) is 24.3 Å². The van der Waals surface area contributed by atoms with Gasteiger partial charge >= 0.3 is 0 Å². The molecule has 4 nitrogen and oxygen atoms in total. The van der Waals surface area contributed by atoms with Gasteiger partial charge in [-0.25, -0.2) is 0 Å². The van der Waals surface area contributed by atoms with Crippen molar-refractivity contribution in [2.45, 2.75) is 38.6 Å². The number of benzene rings is 1. The molecular formula is C18H27N3O. The van der Waals surface area contributed by atoms with Crippen molar-refractivity contribution in [3.63, 3.8) is 0 Å². The van der Waals surface area contributed by atoms with Crippen LogP contribution in [0, 0.1) is 5.92 Å². The molecule has 1 amide bonds. The van der Waals surface area contributed by atoms with Gasteiger partial charge < -0.3 is 15.5 Å². The molecule has 3 rings (SSSR count). The van der Waals surface area contributed by atoms with Crippen LogP contribution in [-0.2, 0) is 11.3 Å². The fourth-order valence-electron chi connectivity index (χ4n) is 3.51. The van der Waals surface area contributed by atoms with Gasteiger partial charge in [-0.1, -0.05) is 18.2 Å². The van der Waals surface area contributed by atoms with Gasteiger partial charge in [-0.05, 0) is 56.8 Å². The molecule has 2 heterocycles. The minimum absolute atomic E-state index is 0.184. The summed E-state index contributed by atoms with van der Waals surface area (Å²) in [7, 11) is 0. The van der Waals surface area contributed by atoms with Gasteiger partial charge in [0.05, 0.1) is 0 Å². The van der Waals surface area contributed by atoms with E-state index >= 15 is 0 Å². The smallest absolute Gasteiger partial charge is 0.223 e. The number of anilines is 1. The third-order valence-electron chi connectivity index (χ3n) is 4.85. The standard InChI is InChI=1S/C18H27N3O/c22-18(15-8-10-19-11-9-15)20-14-16-6-2-3-7-17(16)21-12-4-1-5-13-21/h2-3,6-7,15,19H,1,4-5,8-14H2,(H,20,22). The zero-order chi connectivity index (χ0) is 15.2. The number of hydrogen-bond acceptors (Lipinski definition) is 3. The number of carbonyl (C=O) groups excluding carboxylic acids is 1. The Hall–Kier alpha value is -1.55. The Kier molecular flexibility index (Phi) is 5.33. The van der Waals surface area contributed by atoms with Crippen LogP contribution in [-0.4, -0.2) is 32.1 Å². The summed E-state index contributed by atoms with van der Waals surface area (Å²) in [6.07, 6.45) is 5.80. The molecule has 1 aromatic rings. The molecule has 4 heteroatoms. The zero-order valence-corrected chi connectivity index (χ0v) is 13.3. The van der Waals surface area contributed by atoms with Crippen LogP contribution in [0.4, 0.5) is 5.69 Å². The predicted octanol–water partition coefficient (Wildman–Crippen LogP) is 2.29. The summed E-state index contributed by atoms with van der Waals surface area (Å²) in [5.41, 5.74) is 2.54. The van der Waals surface area contributed by atoms with E-state index < -0.39 is 0 Å². The molecule has 2 aliphatic heterocycles. The Morgan fingerprint density at radius 2 is 1.86 bits per heavy atom. The number of nitrogens with one attached hydrogen (secondary N) is 2. The van der Waals surface area contributed by atoms with E-state index in [1.807, 2.05) is 0 Å². The topological polar surface area (TPSA) is 44.4 Å². The lowest BCUT2D eigenvalue weighted by atomic mass is 9.97. The van der Waals surface area contributed by atoms with E-state index in [-0.39, 0.29) is 11.8 Å². The molecule has 22 heavy (non-hydrogen) atoms. The first-order valence-corrected chi connectivity index (χ1v) is 8.66. The molecule has 0 radical (unpaired) electrons. The molecule has 0 bridgehead atoms. The van der Waals surface area contributed by atoms with E-state index in [0.29, 0.717) is 6.54 Å². The molecule has 0 saturated carbocycles. The monoisotopic (exact) mass is 301 g/mol. The van der Waals surface area contributed by atoms with Crippen LogP contribution in [0.3, 0.4) is 0 Å². The van der Waals surface area contributed by atoms with Gasteiger partial charge in [-0.3, -0.25) is 4.79 Å². The van der Waals surface area contributed by atoms with Crippen LogP contribution in [0.25, 0.3) is 0 Å². The normalized spacial score (nSPS) is 19.9. The summed E-state index contributed by atoms with van der Waals surface area (Å²) in [6, 6.07) is 8.51. The molecule has 2 saturated heterocycles.